The summed E-state index contributed by atoms with van der Waals surface area (Å²) in [4.78, 5) is 13.8. The third-order valence-electron chi connectivity index (χ3n) is 4.19. The molecule has 0 spiro atoms. The van der Waals surface area contributed by atoms with Gasteiger partial charge in [0.1, 0.15) is 0 Å². The van der Waals surface area contributed by atoms with E-state index in [0.717, 1.165) is 30.9 Å². The predicted molar refractivity (Wildman–Crippen MR) is 90.3 cm³/mol. The van der Waals surface area contributed by atoms with Crippen molar-refractivity contribution in [3.05, 3.63) is 42.1 Å². The van der Waals surface area contributed by atoms with Crippen molar-refractivity contribution in [1.29, 1.82) is 0 Å². The summed E-state index contributed by atoms with van der Waals surface area (Å²) < 4.78 is 12.3. The topological polar surface area (TPSA) is 56.6 Å². The Hall–Kier alpha value is -2.18. The molecule has 1 aromatic heterocycles. The first-order chi connectivity index (χ1) is 11.7. The quantitative estimate of drug-likeness (QED) is 0.784. The maximum Gasteiger partial charge on any atom is 0.308 e. The SMILES string of the molecule is COC(=O)CC1CN(Cc2cn(C)nc2-c2ccccc2)CCO1. The van der Waals surface area contributed by atoms with Crippen molar-refractivity contribution in [3.63, 3.8) is 0 Å². The zero-order chi connectivity index (χ0) is 16.9. The van der Waals surface area contributed by atoms with Gasteiger partial charge in [0.15, 0.2) is 0 Å². The summed E-state index contributed by atoms with van der Waals surface area (Å²) >= 11 is 0. The lowest BCUT2D eigenvalue weighted by atomic mass is 10.1. The van der Waals surface area contributed by atoms with Gasteiger partial charge >= 0.3 is 5.97 Å². The minimum atomic E-state index is -0.229. The second-order valence-electron chi connectivity index (χ2n) is 6.05. The predicted octanol–water partition coefficient (Wildman–Crippen LogP) is 1.85. The monoisotopic (exact) mass is 329 g/mol. The lowest BCUT2D eigenvalue weighted by Gasteiger charge is -2.32. The van der Waals surface area contributed by atoms with E-state index in [9.17, 15) is 4.79 Å². The van der Waals surface area contributed by atoms with Crippen LogP contribution < -0.4 is 0 Å². The van der Waals surface area contributed by atoms with Crippen molar-refractivity contribution in [2.24, 2.45) is 7.05 Å². The normalized spacial score (nSPS) is 18.5. The molecule has 24 heavy (non-hydrogen) atoms. The van der Waals surface area contributed by atoms with E-state index in [-0.39, 0.29) is 12.1 Å². The molecule has 1 aliphatic rings. The summed E-state index contributed by atoms with van der Waals surface area (Å²) in [6, 6.07) is 10.2. The fourth-order valence-electron chi connectivity index (χ4n) is 3.05. The maximum absolute atomic E-state index is 11.5. The highest BCUT2D eigenvalue weighted by Gasteiger charge is 2.24. The van der Waals surface area contributed by atoms with Gasteiger partial charge in [-0.25, -0.2) is 0 Å². The molecule has 2 heterocycles. The second kappa shape index (κ2) is 7.59. The van der Waals surface area contributed by atoms with E-state index in [4.69, 9.17) is 9.47 Å². The van der Waals surface area contributed by atoms with Gasteiger partial charge in [-0.05, 0) is 0 Å². The van der Waals surface area contributed by atoms with E-state index in [1.807, 2.05) is 29.9 Å². The molecular formula is C18H23N3O3. The van der Waals surface area contributed by atoms with E-state index in [1.165, 1.54) is 12.7 Å². The van der Waals surface area contributed by atoms with Gasteiger partial charge in [-0.1, -0.05) is 30.3 Å². The average Bonchev–Trinajstić information content (AvgIpc) is 2.96. The van der Waals surface area contributed by atoms with Crippen molar-refractivity contribution < 1.29 is 14.3 Å². The highest BCUT2D eigenvalue weighted by molar-refractivity contribution is 5.69. The molecule has 0 radical (unpaired) electrons. The van der Waals surface area contributed by atoms with Gasteiger partial charge in [0.25, 0.3) is 0 Å². The van der Waals surface area contributed by atoms with Gasteiger partial charge < -0.3 is 9.47 Å². The first kappa shape index (κ1) is 16.7. The number of ether oxygens (including phenoxy) is 2. The van der Waals surface area contributed by atoms with Gasteiger partial charge in [0, 0.05) is 44.0 Å². The average molecular weight is 329 g/mol. The largest absolute Gasteiger partial charge is 0.469 e. The van der Waals surface area contributed by atoms with E-state index in [1.54, 1.807) is 0 Å². The molecule has 0 amide bonds. The molecular weight excluding hydrogens is 306 g/mol. The van der Waals surface area contributed by atoms with E-state index >= 15 is 0 Å². The Kier molecular flexibility index (Phi) is 5.27. The van der Waals surface area contributed by atoms with Gasteiger partial charge in [-0.15, -0.1) is 0 Å². The summed E-state index contributed by atoms with van der Waals surface area (Å²) in [5.41, 5.74) is 3.31. The van der Waals surface area contributed by atoms with E-state index in [2.05, 4.69) is 28.3 Å². The Labute approximate surface area is 142 Å². The smallest absolute Gasteiger partial charge is 0.308 e. The summed E-state index contributed by atoms with van der Waals surface area (Å²) in [7, 11) is 3.35. The zero-order valence-corrected chi connectivity index (χ0v) is 14.1. The summed E-state index contributed by atoms with van der Waals surface area (Å²) in [5, 5.41) is 4.61. The highest BCUT2D eigenvalue weighted by Crippen LogP contribution is 2.23. The fraction of sp³-hybridized carbons (Fsp3) is 0.444. The van der Waals surface area contributed by atoms with Crippen molar-refractivity contribution in [2.45, 2.75) is 19.1 Å². The van der Waals surface area contributed by atoms with Crippen LogP contribution in [0.4, 0.5) is 0 Å². The highest BCUT2D eigenvalue weighted by atomic mass is 16.5. The maximum atomic E-state index is 11.5. The van der Waals surface area contributed by atoms with Crippen LogP contribution in [0.5, 0.6) is 0 Å². The van der Waals surface area contributed by atoms with Crippen LogP contribution in [-0.4, -0.2) is 53.6 Å². The molecule has 0 saturated carbocycles. The summed E-state index contributed by atoms with van der Waals surface area (Å²) in [6.07, 6.45) is 2.25. The molecule has 6 nitrogen and oxygen atoms in total. The molecule has 128 valence electrons. The zero-order valence-electron chi connectivity index (χ0n) is 14.1. The van der Waals surface area contributed by atoms with E-state index in [0.29, 0.717) is 13.0 Å². The molecule has 1 fully saturated rings. The number of morpholine rings is 1. The van der Waals surface area contributed by atoms with Crippen molar-refractivity contribution >= 4 is 5.97 Å². The number of carbonyl (C=O) groups excluding carboxylic acids is 1. The number of esters is 1. The lowest BCUT2D eigenvalue weighted by Crippen LogP contribution is -2.42. The fourth-order valence-corrected chi connectivity index (χ4v) is 3.05. The number of rotatable bonds is 5. The molecule has 1 aliphatic heterocycles. The molecule has 1 atom stereocenters. The third kappa shape index (κ3) is 4.01. The Morgan fingerprint density at radius 3 is 2.92 bits per heavy atom. The number of benzene rings is 1. The molecule has 1 aromatic carbocycles. The molecule has 1 unspecified atom stereocenters. The molecule has 1 saturated heterocycles. The molecule has 0 bridgehead atoms. The standard InChI is InChI=1S/C18H23N3O3/c1-20-11-15(18(19-20)14-6-4-3-5-7-14)12-21-8-9-24-16(13-21)10-17(22)23-2/h3-7,11,16H,8-10,12-13H2,1-2H3. The van der Waals surface area contributed by atoms with Crippen LogP contribution in [0.25, 0.3) is 11.3 Å². The number of aryl methyl sites for hydroxylation is 1. The van der Waals surface area contributed by atoms with Gasteiger partial charge in [0.05, 0.1) is 31.9 Å². The third-order valence-corrected chi connectivity index (χ3v) is 4.19. The second-order valence-corrected chi connectivity index (χ2v) is 6.05. The Balaban J connectivity index is 1.71. The van der Waals surface area contributed by atoms with Crippen molar-refractivity contribution in [3.8, 4) is 11.3 Å². The number of hydrogen-bond acceptors (Lipinski definition) is 5. The number of aromatic nitrogens is 2. The van der Waals surface area contributed by atoms with Crippen molar-refractivity contribution in [1.82, 2.24) is 14.7 Å². The molecule has 3 rings (SSSR count). The molecule has 2 aromatic rings. The number of methoxy groups -OCH3 is 1. The lowest BCUT2D eigenvalue weighted by molar-refractivity contribution is -0.145. The van der Waals surface area contributed by atoms with E-state index < -0.39 is 0 Å². The first-order valence-corrected chi connectivity index (χ1v) is 8.14. The molecule has 6 heteroatoms. The summed E-state index contributed by atoms with van der Waals surface area (Å²) in [5.74, 6) is -0.229. The Morgan fingerprint density at radius 2 is 2.17 bits per heavy atom. The van der Waals surface area contributed by atoms with Crippen LogP contribution in [-0.2, 0) is 27.9 Å². The van der Waals surface area contributed by atoms with Crippen LogP contribution in [0, 0.1) is 0 Å². The van der Waals surface area contributed by atoms with Gasteiger partial charge in [-0.2, -0.15) is 5.10 Å². The first-order valence-electron chi connectivity index (χ1n) is 8.14. The number of hydrogen-bond donors (Lipinski definition) is 0. The number of nitrogens with zero attached hydrogens (tertiary/aromatic N) is 3. The van der Waals surface area contributed by atoms with Crippen LogP contribution in [0.3, 0.4) is 0 Å². The van der Waals surface area contributed by atoms with Gasteiger partial charge in [0.2, 0.25) is 0 Å². The summed E-state index contributed by atoms with van der Waals surface area (Å²) in [6.45, 7) is 2.99. The van der Waals surface area contributed by atoms with Crippen LogP contribution in [0.1, 0.15) is 12.0 Å². The van der Waals surface area contributed by atoms with Crippen LogP contribution >= 0.6 is 0 Å². The van der Waals surface area contributed by atoms with Crippen LogP contribution in [0.15, 0.2) is 36.5 Å². The Bertz CT molecular complexity index is 684. The van der Waals surface area contributed by atoms with Crippen LogP contribution in [0.2, 0.25) is 0 Å². The molecule has 0 aliphatic carbocycles. The molecule has 0 N–H and O–H groups in total. The Morgan fingerprint density at radius 1 is 1.38 bits per heavy atom. The number of carbonyl (C=O) groups is 1. The van der Waals surface area contributed by atoms with Crippen molar-refractivity contribution in [2.75, 3.05) is 26.8 Å². The minimum Gasteiger partial charge on any atom is -0.469 e. The van der Waals surface area contributed by atoms with Gasteiger partial charge in [-0.3, -0.25) is 14.4 Å². The minimum absolute atomic E-state index is 0.108.